The van der Waals surface area contributed by atoms with Crippen molar-refractivity contribution in [2.24, 2.45) is 0 Å². The summed E-state index contributed by atoms with van der Waals surface area (Å²) < 4.78 is 1.52. The highest BCUT2D eigenvalue weighted by Crippen LogP contribution is 2.36. The predicted molar refractivity (Wildman–Crippen MR) is 124 cm³/mol. The minimum absolute atomic E-state index is 0.281. The molecule has 11 heteroatoms. The summed E-state index contributed by atoms with van der Waals surface area (Å²) in [6.07, 6.45) is 4.37. The molecule has 2 saturated heterocycles. The Kier molecular flexibility index (Phi) is 4.21. The van der Waals surface area contributed by atoms with Gasteiger partial charge in [-0.05, 0) is 25.0 Å². The second-order valence-electron chi connectivity index (χ2n) is 8.32. The first-order chi connectivity index (χ1) is 15.9. The number of para-hydroxylation sites is 1. The fourth-order valence-electron chi connectivity index (χ4n) is 4.59. The Balaban J connectivity index is 1.39. The quantitative estimate of drug-likeness (QED) is 0.390. The van der Waals surface area contributed by atoms with Gasteiger partial charge in [-0.1, -0.05) is 29.8 Å². The Morgan fingerprint density at radius 2 is 1.91 bits per heavy atom. The molecule has 2 aliphatic heterocycles. The summed E-state index contributed by atoms with van der Waals surface area (Å²) in [6.45, 7) is 0.966. The molecular weight excluding hydrogens is 444 g/mol. The van der Waals surface area contributed by atoms with Crippen LogP contribution in [0.3, 0.4) is 0 Å². The number of benzene rings is 1. The van der Waals surface area contributed by atoms with Crippen molar-refractivity contribution in [3.63, 3.8) is 0 Å². The second kappa shape index (κ2) is 7.04. The van der Waals surface area contributed by atoms with Gasteiger partial charge >= 0.3 is 6.03 Å². The first-order valence-corrected chi connectivity index (χ1v) is 10.9. The standard InChI is InChI=1S/C22H19ClN8O2/c23-16-17(24)31-18(14(11-26-31)13-9-12-3-1-2-4-15(12)25-10-13)27-19(16)30-7-5-22(6-8-30)20(32)28-21(33)29-22/h1-4,9-11H,5-8,24H2,(H2,28,29,32,33). The summed E-state index contributed by atoms with van der Waals surface area (Å²) in [7, 11) is 0. The lowest BCUT2D eigenvalue weighted by atomic mass is 9.88. The van der Waals surface area contributed by atoms with Crippen LogP contribution in [0.25, 0.3) is 27.7 Å². The average Bonchev–Trinajstić information content (AvgIpc) is 3.37. The number of hydrogen-bond acceptors (Lipinski definition) is 7. The highest BCUT2D eigenvalue weighted by atomic mass is 35.5. The molecule has 5 heterocycles. The normalized spacial score (nSPS) is 17.7. The summed E-state index contributed by atoms with van der Waals surface area (Å²) in [5.41, 5.74) is 8.57. The molecule has 0 atom stereocenters. The first-order valence-electron chi connectivity index (χ1n) is 10.5. The molecule has 0 saturated carbocycles. The molecule has 2 fully saturated rings. The number of piperidine rings is 1. The number of urea groups is 1. The Morgan fingerprint density at radius 3 is 2.67 bits per heavy atom. The molecule has 3 aromatic heterocycles. The van der Waals surface area contributed by atoms with Gasteiger partial charge in [-0.25, -0.2) is 9.78 Å². The highest BCUT2D eigenvalue weighted by Gasteiger charge is 2.48. The zero-order chi connectivity index (χ0) is 22.7. The number of carbonyl (C=O) groups is 2. The molecule has 1 spiro atoms. The number of nitrogens with one attached hydrogen (secondary N) is 2. The van der Waals surface area contributed by atoms with E-state index in [1.807, 2.05) is 35.2 Å². The van der Waals surface area contributed by atoms with Crippen molar-refractivity contribution in [1.29, 1.82) is 0 Å². The van der Waals surface area contributed by atoms with Gasteiger partial charge in [0, 0.05) is 35.8 Å². The van der Waals surface area contributed by atoms with E-state index in [1.54, 1.807) is 12.4 Å². The van der Waals surface area contributed by atoms with Crippen molar-refractivity contribution in [3.8, 4) is 11.1 Å². The summed E-state index contributed by atoms with van der Waals surface area (Å²) in [4.78, 5) is 35.2. The van der Waals surface area contributed by atoms with Crippen molar-refractivity contribution < 1.29 is 9.59 Å². The van der Waals surface area contributed by atoms with Crippen LogP contribution in [0.1, 0.15) is 12.8 Å². The van der Waals surface area contributed by atoms with Gasteiger partial charge in [0.25, 0.3) is 5.91 Å². The van der Waals surface area contributed by atoms with Crippen molar-refractivity contribution >= 4 is 51.7 Å². The van der Waals surface area contributed by atoms with Crippen LogP contribution >= 0.6 is 11.6 Å². The first kappa shape index (κ1) is 19.7. The number of anilines is 2. The van der Waals surface area contributed by atoms with Gasteiger partial charge in [-0.3, -0.25) is 15.1 Å². The number of nitrogen functional groups attached to an aromatic ring is 1. The van der Waals surface area contributed by atoms with Gasteiger partial charge in [-0.15, -0.1) is 0 Å². The molecule has 33 heavy (non-hydrogen) atoms. The number of halogens is 1. The van der Waals surface area contributed by atoms with Crippen molar-refractivity contribution in [3.05, 3.63) is 47.7 Å². The lowest BCUT2D eigenvalue weighted by Gasteiger charge is -2.37. The lowest BCUT2D eigenvalue weighted by molar-refractivity contribution is -0.124. The summed E-state index contributed by atoms with van der Waals surface area (Å²) in [6, 6.07) is 9.46. The van der Waals surface area contributed by atoms with Crippen molar-refractivity contribution in [2.45, 2.75) is 18.4 Å². The van der Waals surface area contributed by atoms with E-state index < -0.39 is 11.6 Å². The molecule has 6 rings (SSSR count). The number of fused-ring (bicyclic) bond motifs is 2. The van der Waals surface area contributed by atoms with Gasteiger partial charge in [0.15, 0.2) is 11.5 Å². The Morgan fingerprint density at radius 1 is 1.12 bits per heavy atom. The molecule has 166 valence electrons. The average molecular weight is 463 g/mol. The molecule has 4 N–H and O–H groups in total. The third kappa shape index (κ3) is 2.98. The molecular formula is C22H19ClN8O2. The molecule has 0 unspecified atom stereocenters. The molecule has 0 radical (unpaired) electrons. The molecule has 1 aromatic carbocycles. The van der Waals surface area contributed by atoms with Crippen LogP contribution in [0.5, 0.6) is 0 Å². The molecule has 3 amide bonds. The van der Waals surface area contributed by atoms with Crippen LogP contribution < -0.4 is 21.3 Å². The van der Waals surface area contributed by atoms with Crippen molar-refractivity contribution in [1.82, 2.24) is 30.2 Å². The van der Waals surface area contributed by atoms with Gasteiger partial charge in [0.1, 0.15) is 16.4 Å². The second-order valence-corrected chi connectivity index (χ2v) is 8.70. The minimum atomic E-state index is -0.881. The number of carbonyl (C=O) groups excluding carboxylic acids is 2. The van der Waals surface area contributed by atoms with E-state index in [9.17, 15) is 9.59 Å². The molecule has 4 aromatic rings. The number of amides is 3. The van der Waals surface area contributed by atoms with E-state index in [2.05, 4.69) is 20.7 Å². The van der Waals surface area contributed by atoms with Crippen LogP contribution in [0, 0.1) is 0 Å². The van der Waals surface area contributed by atoms with Crippen LogP contribution in [0.4, 0.5) is 16.4 Å². The maximum absolute atomic E-state index is 12.3. The van der Waals surface area contributed by atoms with E-state index in [0.717, 1.165) is 22.0 Å². The zero-order valence-corrected chi connectivity index (χ0v) is 18.1. The SMILES string of the molecule is Nc1c(Cl)c(N2CCC3(CC2)NC(=O)NC3=O)nc2c(-c3cnc4ccccc4c3)cnn12. The fraction of sp³-hybridized carbons (Fsp3) is 0.227. The number of nitrogens with zero attached hydrogens (tertiary/aromatic N) is 5. The molecule has 0 aliphatic carbocycles. The van der Waals surface area contributed by atoms with Gasteiger partial charge < -0.3 is 16.0 Å². The lowest BCUT2D eigenvalue weighted by Crippen LogP contribution is -2.55. The minimum Gasteiger partial charge on any atom is -0.382 e. The topological polar surface area (TPSA) is 131 Å². The predicted octanol–water partition coefficient (Wildman–Crippen LogP) is 2.36. The van der Waals surface area contributed by atoms with Gasteiger partial charge in [-0.2, -0.15) is 9.61 Å². The number of nitrogens with two attached hydrogens (primary N) is 1. The van der Waals surface area contributed by atoms with Crippen LogP contribution in [0.15, 0.2) is 42.7 Å². The van der Waals surface area contributed by atoms with Crippen LogP contribution in [-0.2, 0) is 4.79 Å². The van der Waals surface area contributed by atoms with E-state index in [0.29, 0.717) is 42.4 Å². The number of aromatic nitrogens is 4. The van der Waals surface area contributed by atoms with E-state index in [4.69, 9.17) is 22.3 Å². The van der Waals surface area contributed by atoms with Crippen LogP contribution in [0.2, 0.25) is 5.02 Å². The molecule has 2 aliphatic rings. The maximum atomic E-state index is 12.3. The highest BCUT2D eigenvalue weighted by molar-refractivity contribution is 6.35. The van der Waals surface area contributed by atoms with Crippen molar-refractivity contribution in [2.75, 3.05) is 23.7 Å². The Hall–Kier alpha value is -3.92. The van der Waals surface area contributed by atoms with Crippen LogP contribution in [-0.4, -0.2) is 50.1 Å². The number of imide groups is 1. The monoisotopic (exact) mass is 462 g/mol. The zero-order valence-electron chi connectivity index (χ0n) is 17.4. The summed E-state index contributed by atoms with van der Waals surface area (Å²) in [5, 5.41) is 10.8. The van der Waals surface area contributed by atoms with Gasteiger partial charge in [0.2, 0.25) is 0 Å². The molecule has 0 bridgehead atoms. The number of pyridine rings is 1. The fourth-order valence-corrected chi connectivity index (χ4v) is 4.84. The number of rotatable bonds is 2. The third-order valence-electron chi connectivity index (χ3n) is 6.44. The smallest absolute Gasteiger partial charge is 0.322 e. The largest absolute Gasteiger partial charge is 0.382 e. The summed E-state index contributed by atoms with van der Waals surface area (Å²) >= 11 is 6.59. The van der Waals surface area contributed by atoms with E-state index in [1.165, 1.54) is 4.52 Å². The maximum Gasteiger partial charge on any atom is 0.322 e. The third-order valence-corrected chi connectivity index (χ3v) is 6.80. The Bertz CT molecular complexity index is 1460. The van der Waals surface area contributed by atoms with E-state index in [-0.39, 0.29) is 11.7 Å². The molecule has 10 nitrogen and oxygen atoms in total. The Labute approximate surface area is 192 Å². The number of hydrogen-bond donors (Lipinski definition) is 3. The van der Waals surface area contributed by atoms with Gasteiger partial charge in [0.05, 0.1) is 11.7 Å². The van der Waals surface area contributed by atoms with E-state index >= 15 is 0 Å². The summed E-state index contributed by atoms with van der Waals surface area (Å²) in [5.74, 6) is 0.517.